The maximum Gasteiger partial charge on any atom is 0.315 e. The third kappa shape index (κ3) is 7.61. The molecule has 0 radical (unpaired) electrons. The van der Waals surface area contributed by atoms with Crippen molar-refractivity contribution < 1.29 is 28.7 Å². The average molecular weight is 741 g/mol. The number of primary amides is 1. The quantitative estimate of drug-likeness (QED) is 0.217. The van der Waals surface area contributed by atoms with Crippen molar-refractivity contribution >= 4 is 29.5 Å². The first kappa shape index (κ1) is 39.9. The van der Waals surface area contributed by atoms with Gasteiger partial charge in [0.1, 0.15) is 12.1 Å². The van der Waals surface area contributed by atoms with Gasteiger partial charge in [-0.25, -0.2) is 4.79 Å². The molecule has 5 atom stereocenters. The molecule has 5 N–H and O–H groups in total. The molecule has 6 aliphatic rings. The smallest absolute Gasteiger partial charge is 0.315 e. The lowest BCUT2D eigenvalue weighted by atomic mass is 9.73. The molecule has 12 nitrogen and oxygen atoms in total. The van der Waals surface area contributed by atoms with Gasteiger partial charge in [-0.1, -0.05) is 79.6 Å². The van der Waals surface area contributed by atoms with E-state index < -0.39 is 41.1 Å². The van der Waals surface area contributed by atoms with Crippen LogP contribution in [0.15, 0.2) is 0 Å². The SMILES string of the molecule is CC1(C)CN(C[C@@H](NC(=O)N[C@@H](C(=O)N2CC3(CC2C(=O)NC(CC2CCC2)C(=O)C(N)=O)C(C)(C)C32CCC2)C(C)(C)C)C2CCCCC2)CCO1. The van der Waals surface area contributed by atoms with Crippen molar-refractivity contribution in [3.63, 3.8) is 0 Å². The van der Waals surface area contributed by atoms with Crippen LogP contribution in [-0.2, 0) is 23.9 Å². The molecule has 0 bridgehead atoms. The number of ether oxygens (including phenoxy) is 1. The van der Waals surface area contributed by atoms with E-state index in [1.807, 2.05) is 20.8 Å². The minimum absolute atomic E-state index is 0.0608. The van der Waals surface area contributed by atoms with Crippen LogP contribution in [0.1, 0.15) is 132 Å². The van der Waals surface area contributed by atoms with Crippen molar-refractivity contribution in [1.82, 2.24) is 25.8 Å². The fourth-order valence-electron chi connectivity index (χ4n) is 11.3. The zero-order valence-electron chi connectivity index (χ0n) is 33.6. The van der Waals surface area contributed by atoms with E-state index >= 15 is 0 Å². The molecular formula is C41H68N6O6. The molecule has 2 spiro atoms. The number of rotatable bonds is 12. The van der Waals surface area contributed by atoms with Crippen molar-refractivity contribution in [3.05, 3.63) is 0 Å². The predicted molar refractivity (Wildman–Crippen MR) is 202 cm³/mol. The standard InChI is InChI=1S/C41H68N6O6/c1-37(2,3)32(45-36(52)44-29(27-15-9-8-10-16-27)23-46-19-20-53-38(4,5)24-46)35(51)47-25-41(39(6,7)40(41)17-12-18-40)22-30(47)34(50)43-28(31(48)33(42)49)21-26-13-11-14-26/h26-30,32H,8-25H2,1-7H3,(H2,42,49)(H,43,50)(H2,44,45,52)/t28?,29-,30?,32+,41?/m1/s1. The molecule has 2 saturated heterocycles. The van der Waals surface area contributed by atoms with E-state index in [2.05, 4.69) is 48.5 Å². The van der Waals surface area contributed by atoms with Crippen LogP contribution in [0.3, 0.4) is 0 Å². The first-order valence-electron chi connectivity index (χ1n) is 20.7. The highest BCUT2D eigenvalue weighted by atomic mass is 16.5. The molecule has 0 aromatic rings. The number of hydrogen-bond acceptors (Lipinski definition) is 7. The molecule has 6 fully saturated rings. The van der Waals surface area contributed by atoms with Gasteiger partial charge in [0.05, 0.1) is 18.2 Å². The van der Waals surface area contributed by atoms with Gasteiger partial charge in [-0.3, -0.25) is 24.1 Å². The summed E-state index contributed by atoms with van der Waals surface area (Å²) in [6, 6.07) is -3.19. The number of Topliss-reactive ketones (excluding diaryl/α,β-unsaturated/α-hetero) is 1. The maximum absolute atomic E-state index is 15.0. The number of hydrogen-bond donors (Lipinski definition) is 4. The second kappa shape index (κ2) is 14.7. The Hall–Kier alpha value is -2.73. The lowest BCUT2D eigenvalue weighted by Crippen LogP contribution is -2.62. The molecule has 5 amide bonds. The van der Waals surface area contributed by atoms with Crippen LogP contribution in [0.5, 0.6) is 0 Å². The van der Waals surface area contributed by atoms with Crippen LogP contribution >= 0.6 is 0 Å². The summed E-state index contributed by atoms with van der Waals surface area (Å²) >= 11 is 0. The number of urea groups is 1. The number of fused-ring (bicyclic) bond motifs is 1. The highest BCUT2D eigenvalue weighted by molar-refractivity contribution is 6.37. The number of nitrogens with one attached hydrogen (secondary N) is 3. The molecular weight excluding hydrogens is 672 g/mol. The van der Waals surface area contributed by atoms with Crippen molar-refractivity contribution in [1.29, 1.82) is 0 Å². The van der Waals surface area contributed by atoms with Gasteiger partial charge in [0.25, 0.3) is 5.91 Å². The van der Waals surface area contributed by atoms with E-state index in [0.717, 1.165) is 83.8 Å². The minimum atomic E-state index is -1.06. The average Bonchev–Trinajstić information content (AvgIpc) is 3.25. The maximum atomic E-state index is 15.0. The Morgan fingerprint density at radius 2 is 1.53 bits per heavy atom. The highest BCUT2D eigenvalue weighted by Gasteiger charge is 2.85. The van der Waals surface area contributed by atoms with Crippen LogP contribution in [0.2, 0.25) is 0 Å². The summed E-state index contributed by atoms with van der Waals surface area (Å²) in [6.45, 7) is 17.9. The van der Waals surface area contributed by atoms with Crippen molar-refractivity contribution in [3.8, 4) is 0 Å². The lowest BCUT2D eigenvalue weighted by Gasteiger charge is -2.42. The Balaban J connectivity index is 1.22. The zero-order chi connectivity index (χ0) is 38.6. The van der Waals surface area contributed by atoms with E-state index in [9.17, 15) is 24.0 Å². The van der Waals surface area contributed by atoms with E-state index in [4.69, 9.17) is 10.5 Å². The van der Waals surface area contributed by atoms with Gasteiger partial charge in [-0.15, -0.1) is 0 Å². The molecule has 298 valence electrons. The first-order valence-corrected chi connectivity index (χ1v) is 20.7. The third-order valence-electron chi connectivity index (χ3n) is 15.0. The molecule has 0 aromatic carbocycles. The van der Waals surface area contributed by atoms with Crippen molar-refractivity contribution in [2.75, 3.05) is 32.8 Å². The molecule has 6 rings (SSSR count). The topological polar surface area (TPSA) is 163 Å². The van der Waals surface area contributed by atoms with Gasteiger partial charge in [-0.05, 0) is 80.5 Å². The van der Waals surface area contributed by atoms with Gasteiger partial charge in [0.2, 0.25) is 17.6 Å². The molecule has 3 unspecified atom stereocenters. The van der Waals surface area contributed by atoms with Gasteiger partial charge >= 0.3 is 6.03 Å². The summed E-state index contributed by atoms with van der Waals surface area (Å²) < 4.78 is 5.97. The lowest BCUT2D eigenvalue weighted by molar-refractivity contribution is -0.143. The van der Waals surface area contributed by atoms with Crippen LogP contribution in [-0.4, -0.2) is 102 Å². The largest absolute Gasteiger partial charge is 0.373 e. The summed E-state index contributed by atoms with van der Waals surface area (Å²) in [4.78, 5) is 72.5. The Kier molecular flexibility index (Phi) is 11.1. The number of carbonyl (C=O) groups excluding carboxylic acids is 5. The number of nitrogens with two attached hydrogens (primary N) is 1. The summed E-state index contributed by atoms with van der Waals surface area (Å²) in [5.74, 6) is -1.97. The van der Waals surface area contributed by atoms with Crippen LogP contribution in [0.25, 0.3) is 0 Å². The van der Waals surface area contributed by atoms with Crippen LogP contribution < -0.4 is 21.7 Å². The predicted octanol–water partition coefficient (Wildman–Crippen LogP) is 4.29. The highest BCUT2D eigenvalue weighted by Crippen LogP contribution is 2.88. The van der Waals surface area contributed by atoms with E-state index in [-0.39, 0.29) is 45.7 Å². The van der Waals surface area contributed by atoms with E-state index in [1.165, 1.54) is 6.42 Å². The molecule has 12 heteroatoms. The summed E-state index contributed by atoms with van der Waals surface area (Å²) in [7, 11) is 0. The Morgan fingerprint density at radius 3 is 2.06 bits per heavy atom. The molecule has 0 aromatic heterocycles. The normalized spacial score (nSPS) is 29.7. The third-order valence-corrected chi connectivity index (χ3v) is 15.0. The van der Waals surface area contributed by atoms with Gasteiger partial charge in [0, 0.05) is 37.6 Å². The van der Waals surface area contributed by atoms with Crippen LogP contribution in [0, 0.1) is 33.5 Å². The van der Waals surface area contributed by atoms with E-state index in [0.29, 0.717) is 31.9 Å². The van der Waals surface area contributed by atoms with Crippen molar-refractivity contribution in [2.45, 2.75) is 162 Å². The van der Waals surface area contributed by atoms with Crippen LogP contribution in [0.4, 0.5) is 4.79 Å². The molecule has 4 aliphatic carbocycles. The zero-order valence-corrected chi connectivity index (χ0v) is 33.6. The Morgan fingerprint density at radius 1 is 0.849 bits per heavy atom. The fourth-order valence-corrected chi connectivity index (χ4v) is 11.3. The Labute approximate surface area is 317 Å². The number of amides is 5. The minimum Gasteiger partial charge on any atom is -0.373 e. The number of carbonyl (C=O) groups is 5. The number of likely N-dealkylation sites (tertiary alicyclic amines) is 1. The molecule has 2 heterocycles. The second-order valence-electron chi connectivity index (χ2n) is 19.9. The summed E-state index contributed by atoms with van der Waals surface area (Å²) in [5.41, 5.74) is 4.28. The second-order valence-corrected chi connectivity index (χ2v) is 19.9. The molecule has 53 heavy (non-hydrogen) atoms. The van der Waals surface area contributed by atoms with Crippen molar-refractivity contribution in [2.24, 2.45) is 39.2 Å². The Bertz CT molecular complexity index is 1430. The number of morpholine rings is 1. The van der Waals surface area contributed by atoms with E-state index in [1.54, 1.807) is 4.90 Å². The summed E-state index contributed by atoms with van der Waals surface area (Å²) in [6.07, 6.45) is 12.7. The first-order chi connectivity index (χ1) is 24.8. The number of ketones is 1. The number of nitrogens with zero attached hydrogens (tertiary/aromatic N) is 2. The molecule has 2 aliphatic heterocycles. The molecule has 4 saturated carbocycles. The van der Waals surface area contributed by atoms with Gasteiger partial charge in [0.15, 0.2) is 0 Å². The fraction of sp³-hybridized carbons (Fsp3) is 0.878. The summed E-state index contributed by atoms with van der Waals surface area (Å²) in [5, 5.41) is 9.36. The van der Waals surface area contributed by atoms with Gasteiger partial charge in [-0.2, -0.15) is 0 Å². The monoisotopic (exact) mass is 741 g/mol. The van der Waals surface area contributed by atoms with Gasteiger partial charge < -0.3 is 31.3 Å².